The van der Waals surface area contributed by atoms with Crippen molar-refractivity contribution in [3.63, 3.8) is 0 Å². The maximum atomic E-state index is 13.1. The van der Waals surface area contributed by atoms with Gasteiger partial charge in [-0.15, -0.1) is 0 Å². The lowest BCUT2D eigenvalue weighted by atomic mass is 9.93. The second-order valence-corrected chi connectivity index (χ2v) is 19.2. The number of ether oxygens (including phenoxy) is 4. The molecule has 66 heavy (non-hydrogen) atoms. The summed E-state index contributed by atoms with van der Waals surface area (Å²) in [6.45, 7) is 21.1. The van der Waals surface area contributed by atoms with Crippen LogP contribution in [0.25, 0.3) is 22.1 Å². The molecule has 2 aromatic carbocycles. The molecule has 2 fully saturated rings. The molecule has 2 aliphatic heterocycles. The molecule has 4 aromatic heterocycles. The van der Waals surface area contributed by atoms with Gasteiger partial charge in [0, 0.05) is 86.7 Å². The van der Waals surface area contributed by atoms with Crippen molar-refractivity contribution in [1.82, 2.24) is 38.7 Å². The third-order valence-electron chi connectivity index (χ3n) is 12.2. The van der Waals surface area contributed by atoms with Crippen molar-refractivity contribution in [3.8, 4) is 12.0 Å². The first-order valence-electron chi connectivity index (χ1n) is 23.7. The Balaban J connectivity index is 0.000000196. The zero-order valence-corrected chi connectivity index (χ0v) is 40.4. The number of rotatable bonds is 16. The summed E-state index contributed by atoms with van der Waals surface area (Å²) in [5.74, 6) is 0.0326. The Morgan fingerprint density at radius 3 is 1.48 bits per heavy atom. The highest BCUT2D eigenvalue weighted by Crippen LogP contribution is 2.29. The van der Waals surface area contributed by atoms with Crippen LogP contribution >= 0.6 is 0 Å². The number of hydrogen-bond acceptors (Lipinski definition) is 12. The van der Waals surface area contributed by atoms with Gasteiger partial charge >= 0.3 is 12.0 Å². The number of unbranched alkanes of at least 4 members (excludes halogenated alkanes) is 4. The predicted molar refractivity (Wildman–Crippen MR) is 259 cm³/mol. The summed E-state index contributed by atoms with van der Waals surface area (Å²) in [6.07, 6.45) is 10.5. The van der Waals surface area contributed by atoms with Crippen LogP contribution in [0.4, 0.5) is 11.4 Å². The number of carbonyl (C=O) groups is 2. The van der Waals surface area contributed by atoms with E-state index in [0.717, 1.165) is 149 Å². The Kier molecular flexibility index (Phi) is 15.9. The number of hydrogen-bond donors (Lipinski definition) is 0. The van der Waals surface area contributed by atoms with E-state index in [0.29, 0.717) is 24.9 Å². The average molecular weight is 907 g/mol. The van der Waals surface area contributed by atoms with E-state index in [4.69, 9.17) is 18.9 Å². The van der Waals surface area contributed by atoms with Crippen LogP contribution in [0.1, 0.15) is 114 Å². The number of aryl methyl sites for hydroxylation is 2. The number of aromatic nitrogens is 8. The van der Waals surface area contributed by atoms with Crippen LogP contribution in [0.2, 0.25) is 0 Å². The number of benzene rings is 2. The molecule has 16 heteroatoms. The lowest BCUT2D eigenvalue weighted by Gasteiger charge is -2.28. The first-order valence-corrected chi connectivity index (χ1v) is 23.7. The Morgan fingerprint density at radius 2 is 1.02 bits per heavy atom. The number of imidazole rings is 2. The summed E-state index contributed by atoms with van der Waals surface area (Å²) in [4.78, 5) is 39.8. The van der Waals surface area contributed by atoms with E-state index in [9.17, 15) is 9.59 Å². The number of methoxy groups -OCH3 is 2. The standard InChI is InChI=1S/2C25H35N5O3/c1-25(2,3)22-11-13-29(27-22)12-7-5-6-8-23(31)30-21-10-9-19(28-14-16-33-17-15-28)18-20(21)26-24(30)32-4;1-25(2,3)22-11-13-29(27-22)12-7-5-6-8-23(31)30-21-18-19(28-14-16-33-17-15-28)9-10-20(21)26-24(30)32-4/h2*9-11,13,18H,5-8,12,14-17H2,1-4H3. The third kappa shape index (κ3) is 12.0. The molecule has 16 nitrogen and oxygen atoms in total. The zero-order valence-electron chi connectivity index (χ0n) is 40.4. The van der Waals surface area contributed by atoms with Gasteiger partial charge in [0.2, 0.25) is 11.8 Å². The van der Waals surface area contributed by atoms with Gasteiger partial charge in [-0.05, 0) is 74.2 Å². The van der Waals surface area contributed by atoms with Crippen molar-refractivity contribution in [2.75, 3.05) is 76.6 Å². The summed E-state index contributed by atoms with van der Waals surface area (Å²) in [7, 11) is 3.12. The minimum absolute atomic E-state index is 0.0163. The molecule has 356 valence electrons. The van der Waals surface area contributed by atoms with E-state index in [1.54, 1.807) is 23.4 Å². The first kappa shape index (κ1) is 48.2. The zero-order chi connectivity index (χ0) is 46.8. The summed E-state index contributed by atoms with van der Waals surface area (Å²) in [5.41, 5.74) is 7.64. The summed E-state index contributed by atoms with van der Waals surface area (Å²) < 4.78 is 29.0. The molecule has 2 aliphatic rings. The third-order valence-corrected chi connectivity index (χ3v) is 12.2. The first-order chi connectivity index (χ1) is 31.7. The highest BCUT2D eigenvalue weighted by atomic mass is 16.5. The van der Waals surface area contributed by atoms with Crippen LogP contribution in [0.3, 0.4) is 0 Å². The number of fused-ring (bicyclic) bond motifs is 2. The highest BCUT2D eigenvalue weighted by Gasteiger charge is 2.23. The molecule has 0 atom stereocenters. The van der Waals surface area contributed by atoms with Gasteiger partial charge in [0.15, 0.2) is 0 Å². The average Bonchev–Trinajstić information content (AvgIpc) is 4.14. The molecular formula is C50H70N10O6. The van der Waals surface area contributed by atoms with Crippen molar-refractivity contribution in [1.29, 1.82) is 0 Å². The molecule has 0 saturated carbocycles. The van der Waals surface area contributed by atoms with Crippen LogP contribution < -0.4 is 19.3 Å². The fraction of sp³-hybridized carbons (Fsp3) is 0.560. The molecule has 6 aromatic rings. The van der Waals surface area contributed by atoms with E-state index in [2.05, 4.69) is 95.8 Å². The van der Waals surface area contributed by atoms with Crippen LogP contribution in [0, 0.1) is 0 Å². The Bertz CT molecular complexity index is 2530. The smallest absolute Gasteiger partial charge is 0.304 e. The maximum Gasteiger partial charge on any atom is 0.304 e. The van der Waals surface area contributed by atoms with E-state index < -0.39 is 0 Å². The van der Waals surface area contributed by atoms with Gasteiger partial charge in [-0.2, -0.15) is 20.2 Å². The topological polar surface area (TPSA) is 149 Å². The molecule has 6 heterocycles. The van der Waals surface area contributed by atoms with E-state index in [1.807, 2.05) is 46.0 Å². The highest BCUT2D eigenvalue weighted by molar-refractivity contribution is 5.94. The van der Waals surface area contributed by atoms with Crippen LogP contribution in [-0.4, -0.2) is 117 Å². The summed E-state index contributed by atoms with van der Waals surface area (Å²) in [5, 5.41) is 9.33. The van der Waals surface area contributed by atoms with Gasteiger partial charge in [-0.3, -0.25) is 19.0 Å². The van der Waals surface area contributed by atoms with Gasteiger partial charge < -0.3 is 28.7 Å². The predicted octanol–water partition coefficient (Wildman–Crippen LogP) is 8.55. The summed E-state index contributed by atoms with van der Waals surface area (Å²) in [6, 6.07) is 17.0. The largest absolute Gasteiger partial charge is 0.468 e. The molecule has 8 rings (SSSR count). The second kappa shape index (κ2) is 21.7. The lowest BCUT2D eigenvalue weighted by Crippen LogP contribution is -2.36. The molecular weight excluding hydrogens is 837 g/mol. The van der Waals surface area contributed by atoms with Crippen molar-refractivity contribution in [2.24, 2.45) is 0 Å². The van der Waals surface area contributed by atoms with Crippen LogP contribution in [0.5, 0.6) is 12.0 Å². The fourth-order valence-electron chi connectivity index (χ4n) is 8.33. The Morgan fingerprint density at radius 1 is 0.561 bits per heavy atom. The second-order valence-electron chi connectivity index (χ2n) is 19.2. The van der Waals surface area contributed by atoms with Gasteiger partial charge in [0.25, 0.3) is 0 Å². The molecule has 0 N–H and O–H groups in total. The van der Waals surface area contributed by atoms with E-state index in [1.165, 1.54) is 0 Å². The quantitative estimate of drug-likeness (QED) is 0.0857. The summed E-state index contributed by atoms with van der Waals surface area (Å²) >= 11 is 0. The Labute approximate surface area is 389 Å². The molecule has 2 saturated heterocycles. The van der Waals surface area contributed by atoms with Gasteiger partial charge in [0.1, 0.15) is 0 Å². The van der Waals surface area contributed by atoms with Crippen LogP contribution in [-0.2, 0) is 33.4 Å². The van der Waals surface area contributed by atoms with Gasteiger partial charge in [-0.1, -0.05) is 54.4 Å². The van der Waals surface area contributed by atoms with Gasteiger partial charge in [0.05, 0.1) is 74.1 Å². The van der Waals surface area contributed by atoms with E-state index in [-0.39, 0.29) is 22.6 Å². The minimum Gasteiger partial charge on any atom is -0.468 e. The number of anilines is 2. The Hall–Kier alpha value is -5.74. The van der Waals surface area contributed by atoms with Gasteiger partial charge in [-0.25, -0.2) is 9.13 Å². The SMILES string of the molecule is COc1nc2cc(N3CCOCC3)ccc2n1C(=O)CCCCCn1ccc(C(C)(C)C)n1.COc1nc2ccc(N3CCOCC3)cc2n1C(=O)CCCCCn1ccc(C(C)(C)C)n1. The van der Waals surface area contributed by atoms with Crippen molar-refractivity contribution < 1.29 is 28.5 Å². The van der Waals surface area contributed by atoms with E-state index >= 15 is 0 Å². The van der Waals surface area contributed by atoms with Crippen LogP contribution in [0.15, 0.2) is 60.9 Å². The molecule has 0 bridgehead atoms. The molecule has 0 aliphatic carbocycles. The van der Waals surface area contributed by atoms with Crippen molar-refractivity contribution in [3.05, 3.63) is 72.3 Å². The molecule has 0 unspecified atom stereocenters. The number of nitrogens with zero attached hydrogens (tertiary/aromatic N) is 10. The normalized spacial score (nSPS) is 14.7. The molecule has 0 radical (unpaired) electrons. The number of morpholine rings is 2. The lowest BCUT2D eigenvalue weighted by molar-refractivity contribution is 0.0884. The van der Waals surface area contributed by atoms with Crippen molar-refractivity contribution in [2.45, 2.75) is 117 Å². The molecule has 0 amide bonds. The minimum atomic E-state index is 0.0163. The number of carbonyl (C=O) groups excluding carboxylic acids is 2. The molecule has 0 spiro atoms. The maximum absolute atomic E-state index is 13.1. The fourth-order valence-corrected chi connectivity index (χ4v) is 8.33. The monoisotopic (exact) mass is 907 g/mol. The van der Waals surface area contributed by atoms with Crippen molar-refractivity contribution >= 4 is 45.3 Å².